The Bertz CT molecular complexity index is 570. The van der Waals surface area contributed by atoms with E-state index in [0.29, 0.717) is 17.3 Å². The molecule has 0 aliphatic rings. The highest BCUT2D eigenvalue weighted by Gasteiger charge is 2.11. The summed E-state index contributed by atoms with van der Waals surface area (Å²) in [6, 6.07) is 5.49. The standard InChI is InChI=1S/C13H15N3O2/c1-8-11(14)7-15-13(16-8)10-6-9(17-2)4-5-12(10)18-3/h4-7H,14H2,1-3H3. The van der Waals surface area contributed by atoms with Crippen LogP contribution in [0.4, 0.5) is 5.69 Å². The number of hydrogen-bond acceptors (Lipinski definition) is 5. The quantitative estimate of drug-likeness (QED) is 0.896. The molecule has 18 heavy (non-hydrogen) atoms. The van der Waals surface area contributed by atoms with Gasteiger partial charge in [0.1, 0.15) is 11.5 Å². The number of anilines is 1. The van der Waals surface area contributed by atoms with Gasteiger partial charge in [-0.05, 0) is 25.1 Å². The van der Waals surface area contributed by atoms with Crippen molar-refractivity contribution in [3.05, 3.63) is 30.1 Å². The third-order valence-electron chi connectivity index (χ3n) is 2.66. The van der Waals surface area contributed by atoms with Crippen LogP contribution >= 0.6 is 0 Å². The Balaban J connectivity index is 2.57. The van der Waals surface area contributed by atoms with E-state index in [9.17, 15) is 0 Å². The third kappa shape index (κ3) is 2.20. The number of benzene rings is 1. The minimum absolute atomic E-state index is 0.567. The second-order valence-electron chi connectivity index (χ2n) is 3.80. The average molecular weight is 245 g/mol. The van der Waals surface area contributed by atoms with Crippen LogP contribution in [0.2, 0.25) is 0 Å². The van der Waals surface area contributed by atoms with Crippen molar-refractivity contribution in [3.63, 3.8) is 0 Å². The number of ether oxygens (including phenoxy) is 2. The highest BCUT2D eigenvalue weighted by Crippen LogP contribution is 2.31. The van der Waals surface area contributed by atoms with Crippen molar-refractivity contribution in [1.82, 2.24) is 9.97 Å². The van der Waals surface area contributed by atoms with Crippen LogP contribution in [-0.4, -0.2) is 24.2 Å². The maximum atomic E-state index is 5.71. The summed E-state index contributed by atoms with van der Waals surface area (Å²) < 4.78 is 10.5. The molecular weight excluding hydrogens is 230 g/mol. The van der Waals surface area contributed by atoms with Gasteiger partial charge in [0.2, 0.25) is 0 Å². The lowest BCUT2D eigenvalue weighted by Crippen LogP contribution is -1.99. The van der Waals surface area contributed by atoms with Gasteiger partial charge in [-0.25, -0.2) is 9.97 Å². The number of aryl methyl sites for hydroxylation is 1. The van der Waals surface area contributed by atoms with Crippen LogP contribution in [0.3, 0.4) is 0 Å². The van der Waals surface area contributed by atoms with E-state index in [1.54, 1.807) is 20.4 Å². The first-order valence-corrected chi connectivity index (χ1v) is 5.47. The fourth-order valence-electron chi connectivity index (χ4n) is 1.59. The molecule has 1 aromatic heterocycles. The summed E-state index contributed by atoms with van der Waals surface area (Å²) in [6.45, 7) is 1.84. The summed E-state index contributed by atoms with van der Waals surface area (Å²) in [7, 11) is 3.22. The fraction of sp³-hybridized carbons (Fsp3) is 0.231. The topological polar surface area (TPSA) is 70.3 Å². The Morgan fingerprint density at radius 1 is 1.17 bits per heavy atom. The van der Waals surface area contributed by atoms with E-state index in [0.717, 1.165) is 17.0 Å². The first-order valence-electron chi connectivity index (χ1n) is 5.47. The van der Waals surface area contributed by atoms with Gasteiger partial charge in [-0.15, -0.1) is 0 Å². The van der Waals surface area contributed by atoms with Gasteiger partial charge < -0.3 is 15.2 Å². The van der Waals surface area contributed by atoms with Gasteiger partial charge in [0.25, 0.3) is 0 Å². The molecule has 2 aromatic rings. The molecule has 2 N–H and O–H groups in total. The zero-order valence-corrected chi connectivity index (χ0v) is 10.6. The number of aromatic nitrogens is 2. The van der Waals surface area contributed by atoms with E-state index < -0.39 is 0 Å². The highest BCUT2D eigenvalue weighted by molar-refractivity contribution is 5.67. The smallest absolute Gasteiger partial charge is 0.163 e. The van der Waals surface area contributed by atoms with Gasteiger partial charge in [0.15, 0.2) is 5.82 Å². The molecule has 0 unspecified atom stereocenters. The van der Waals surface area contributed by atoms with Crippen LogP contribution in [-0.2, 0) is 0 Å². The fourth-order valence-corrected chi connectivity index (χ4v) is 1.59. The van der Waals surface area contributed by atoms with Crippen molar-refractivity contribution in [3.8, 4) is 22.9 Å². The number of hydrogen-bond donors (Lipinski definition) is 1. The summed E-state index contributed by atoms with van der Waals surface area (Å²) in [5.74, 6) is 1.99. The SMILES string of the molecule is COc1ccc(OC)c(-c2ncc(N)c(C)n2)c1. The number of nitrogens with two attached hydrogens (primary N) is 1. The zero-order valence-electron chi connectivity index (χ0n) is 10.6. The van der Waals surface area contributed by atoms with Crippen LogP contribution in [0, 0.1) is 6.92 Å². The van der Waals surface area contributed by atoms with E-state index in [1.165, 1.54) is 0 Å². The first-order chi connectivity index (χ1) is 8.65. The second kappa shape index (κ2) is 4.91. The number of rotatable bonds is 3. The van der Waals surface area contributed by atoms with Gasteiger partial charge in [-0.3, -0.25) is 0 Å². The summed E-state index contributed by atoms with van der Waals surface area (Å²) >= 11 is 0. The molecule has 0 spiro atoms. The summed E-state index contributed by atoms with van der Waals surface area (Å²) in [5.41, 5.74) is 7.80. The number of nitrogen functional groups attached to an aromatic ring is 1. The third-order valence-corrected chi connectivity index (χ3v) is 2.66. The van der Waals surface area contributed by atoms with Crippen molar-refractivity contribution in [2.75, 3.05) is 20.0 Å². The summed E-state index contributed by atoms with van der Waals surface area (Å²) in [6.07, 6.45) is 1.59. The van der Waals surface area contributed by atoms with Gasteiger partial charge in [-0.2, -0.15) is 0 Å². The molecule has 0 aliphatic carbocycles. The van der Waals surface area contributed by atoms with Crippen LogP contribution in [0.5, 0.6) is 11.5 Å². The Hall–Kier alpha value is -2.30. The average Bonchev–Trinajstić information content (AvgIpc) is 2.41. The molecule has 0 fully saturated rings. The van der Waals surface area contributed by atoms with Crippen molar-refractivity contribution in [1.29, 1.82) is 0 Å². The number of methoxy groups -OCH3 is 2. The van der Waals surface area contributed by atoms with Gasteiger partial charge in [0, 0.05) is 0 Å². The molecule has 0 atom stereocenters. The lowest BCUT2D eigenvalue weighted by molar-refractivity contribution is 0.404. The van der Waals surface area contributed by atoms with E-state index in [-0.39, 0.29) is 0 Å². The summed E-state index contributed by atoms with van der Waals surface area (Å²) in [4.78, 5) is 8.58. The minimum Gasteiger partial charge on any atom is -0.497 e. The van der Waals surface area contributed by atoms with Crippen LogP contribution < -0.4 is 15.2 Å². The molecule has 0 radical (unpaired) electrons. The maximum Gasteiger partial charge on any atom is 0.163 e. The highest BCUT2D eigenvalue weighted by atomic mass is 16.5. The van der Waals surface area contributed by atoms with E-state index in [4.69, 9.17) is 15.2 Å². The molecule has 0 saturated heterocycles. The monoisotopic (exact) mass is 245 g/mol. The predicted octanol–water partition coefficient (Wildman–Crippen LogP) is 2.05. The Morgan fingerprint density at radius 3 is 2.56 bits per heavy atom. The Morgan fingerprint density at radius 2 is 1.94 bits per heavy atom. The Kier molecular flexibility index (Phi) is 3.32. The molecule has 0 bridgehead atoms. The van der Waals surface area contributed by atoms with Crippen molar-refractivity contribution < 1.29 is 9.47 Å². The normalized spacial score (nSPS) is 10.2. The lowest BCUT2D eigenvalue weighted by atomic mass is 10.1. The van der Waals surface area contributed by atoms with Crippen molar-refractivity contribution >= 4 is 5.69 Å². The zero-order chi connectivity index (χ0) is 13.1. The molecule has 2 rings (SSSR count). The summed E-state index contributed by atoms with van der Waals surface area (Å²) in [5, 5.41) is 0. The molecule has 5 nitrogen and oxygen atoms in total. The molecule has 0 saturated carbocycles. The van der Waals surface area contributed by atoms with E-state index in [2.05, 4.69) is 9.97 Å². The first kappa shape index (κ1) is 12.2. The van der Waals surface area contributed by atoms with Crippen molar-refractivity contribution in [2.45, 2.75) is 6.92 Å². The maximum absolute atomic E-state index is 5.71. The molecule has 0 amide bonds. The van der Waals surface area contributed by atoms with Crippen LogP contribution in [0.1, 0.15) is 5.69 Å². The predicted molar refractivity (Wildman–Crippen MR) is 69.7 cm³/mol. The van der Waals surface area contributed by atoms with Gasteiger partial charge >= 0.3 is 0 Å². The molecule has 94 valence electrons. The van der Waals surface area contributed by atoms with Crippen LogP contribution in [0.25, 0.3) is 11.4 Å². The van der Waals surface area contributed by atoms with Gasteiger partial charge in [-0.1, -0.05) is 0 Å². The van der Waals surface area contributed by atoms with Gasteiger partial charge in [0.05, 0.1) is 37.4 Å². The largest absolute Gasteiger partial charge is 0.497 e. The van der Waals surface area contributed by atoms with Crippen molar-refractivity contribution in [2.24, 2.45) is 0 Å². The Labute approximate surface area is 106 Å². The molecule has 1 aromatic carbocycles. The molecular formula is C13H15N3O2. The second-order valence-corrected chi connectivity index (χ2v) is 3.80. The molecule has 5 heteroatoms. The minimum atomic E-state index is 0.567. The van der Waals surface area contributed by atoms with Crippen LogP contribution in [0.15, 0.2) is 24.4 Å². The van der Waals surface area contributed by atoms with E-state index in [1.807, 2.05) is 25.1 Å². The van der Waals surface area contributed by atoms with E-state index >= 15 is 0 Å². The molecule has 1 heterocycles. The lowest BCUT2D eigenvalue weighted by Gasteiger charge is -2.10. The molecule has 0 aliphatic heterocycles. The number of nitrogens with zero attached hydrogens (tertiary/aromatic N) is 2.